The largest absolute Gasteiger partial charge is 0.260 e. The molecule has 0 spiro atoms. The highest BCUT2D eigenvalue weighted by Crippen LogP contribution is 2.37. The fourth-order valence-electron chi connectivity index (χ4n) is 3.87. The van der Waals surface area contributed by atoms with Gasteiger partial charge < -0.3 is 0 Å². The lowest BCUT2D eigenvalue weighted by atomic mass is 9.89. The van der Waals surface area contributed by atoms with Crippen molar-refractivity contribution in [1.82, 2.24) is 0 Å². The Hall–Kier alpha value is -2.55. The Morgan fingerprint density at radius 3 is 2.77 bits per heavy atom. The standard InChI is InChI=1S/C23H25N3/c1-5-16-8-6-7-15(4)22(16)23-25-13-21(26-23)17-9-10-18-19(14(2)3)12-24-20(18)11-17/h6-12,14,19H,5,13H2,1-4H3. The van der Waals surface area contributed by atoms with Crippen LogP contribution in [0.1, 0.15) is 54.5 Å². The van der Waals surface area contributed by atoms with E-state index in [1.165, 1.54) is 22.3 Å². The zero-order valence-corrected chi connectivity index (χ0v) is 16.0. The molecule has 0 radical (unpaired) electrons. The van der Waals surface area contributed by atoms with Crippen LogP contribution in [-0.2, 0) is 6.42 Å². The van der Waals surface area contributed by atoms with Gasteiger partial charge in [-0.2, -0.15) is 0 Å². The summed E-state index contributed by atoms with van der Waals surface area (Å²) in [6.45, 7) is 9.45. The third-order valence-electron chi connectivity index (χ3n) is 5.40. The fourth-order valence-corrected chi connectivity index (χ4v) is 3.87. The monoisotopic (exact) mass is 343 g/mol. The molecule has 132 valence electrons. The van der Waals surface area contributed by atoms with E-state index in [9.17, 15) is 0 Å². The van der Waals surface area contributed by atoms with E-state index in [4.69, 9.17) is 9.98 Å². The number of hydrogen-bond donors (Lipinski definition) is 0. The molecule has 0 saturated heterocycles. The first kappa shape index (κ1) is 16.9. The summed E-state index contributed by atoms with van der Waals surface area (Å²) < 4.78 is 0. The van der Waals surface area contributed by atoms with E-state index in [-0.39, 0.29) is 0 Å². The predicted molar refractivity (Wildman–Crippen MR) is 111 cm³/mol. The fraction of sp³-hybridized carbons (Fsp3) is 0.348. The van der Waals surface area contributed by atoms with Gasteiger partial charge in [0.2, 0.25) is 0 Å². The first-order chi connectivity index (χ1) is 12.6. The molecule has 2 aliphatic rings. The van der Waals surface area contributed by atoms with Gasteiger partial charge in [-0.3, -0.25) is 9.98 Å². The lowest BCUT2D eigenvalue weighted by Gasteiger charge is -2.13. The minimum atomic E-state index is 0.426. The third kappa shape index (κ3) is 2.82. The summed E-state index contributed by atoms with van der Waals surface area (Å²) in [5.74, 6) is 1.87. The molecule has 3 nitrogen and oxygen atoms in total. The van der Waals surface area contributed by atoms with Crippen LogP contribution in [0.15, 0.2) is 51.4 Å². The van der Waals surface area contributed by atoms with Crippen LogP contribution in [0.25, 0.3) is 0 Å². The van der Waals surface area contributed by atoms with Crippen molar-refractivity contribution in [3.05, 3.63) is 64.2 Å². The van der Waals surface area contributed by atoms with E-state index in [1.807, 2.05) is 0 Å². The summed E-state index contributed by atoms with van der Waals surface area (Å²) in [5, 5.41) is 0. The molecule has 0 aliphatic carbocycles. The molecule has 0 aromatic heterocycles. The summed E-state index contributed by atoms with van der Waals surface area (Å²) in [7, 11) is 0. The number of rotatable bonds is 4. The summed E-state index contributed by atoms with van der Waals surface area (Å²) in [6, 6.07) is 13.0. The van der Waals surface area contributed by atoms with Crippen molar-refractivity contribution in [2.45, 2.75) is 40.0 Å². The Morgan fingerprint density at radius 2 is 2.00 bits per heavy atom. The van der Waals surface area contributed by atoms with Crippen molar-refractivity contribution >= 4 is 23.4 Å². The molecule has 2 aliphatic heterocycles. The van der Waals surface area contributed by atoms with Gasteiger partial charge in [0.15, 0.2) is 5.84 Å². The van der Waals surface area contributed by atoms with Crippen LogP contribution < -0.4 is 0 Å². The van der Waals surface area contributed by atoms with Gasteiger partial charge in [0.1, 0.15) is 0 Å². The van der Waals surface area contributed by atoms with Crippen LogP contribution in [0.4, 0.5) is 5.69 Å². The highest BCUT2D eigenvalue weighted by atomic mass is 15.0. The number of aryl methyl sites for hydroxylation is 2. The van der Waals surface area contributed by atoms with Gasteiger partial charge in [-0.05, 0) is 42.0 Å². The molecule has 1 atom stereocenters. The van der Waals surface area contributed by atoms with Crippen LogP contribution in [0.2, 0.25) is 0 Å². The second kappa shape index (κ2) is 6.64. The number of benzene rings is 2. The number of aliphatic imine (C=N–C) groups is 3. The van der Waals surface area contributed by atoms with Gasteiger partial charge in [-0.25, -0.2) is 4.99 Å². The highest BCUT2D eigenvalue weighted by molar-refractivity contribution is 6.18. The average Bonchev–Trinajstić information content (AvgIpc) is 3.27. The Bertz CT molecular complexity index is 948. The third-order valence-corrected chi connectivity index (χ3v) is 5.40. The molecule has 26 heavy (non-hydrogen) atoms. The zero-order chi connectivity index (χ0) is 18.3. The summed E-state index contributed by atoms with van der Waals surface area (Å²) in [5.41, 5.74) is 8.34. The van der Waals surface area contributed by atoms with Gasteiger partial charge in [0.25, 0.3) is 0 Å². The van der Waals surface area contributed by atoms with Gasteiger partial charge in [-0.15, -0.1) is 0 Å². The van der Waals surface area contributed by atoms with Crippen molar-refractivity contribution in [3.8, 4) is 0 Å². The summed E-state index contributed by atoms with van der Waals surface area (Å²) >= 11 is 0. The second-order valence-electron chi connectivity index (χ2n) is 7.48. The summed E-state index contributed by atoms with van der Waals surface area (Å²) in [6.07, 6.45) is 3.07. The first-order valence-electron chi connectivity index (χ1n) is 9.48. The molecule has 3 heteroatoms. The first-order valence-corrected chi connectivity index (χ1v) is 9.48. The van der Waals surface area contributed by atoms with E-state index in [2.05, 4.69) is 75.3 Å². The Labute approximate surface area is 155 Å². The van der Waals surface area contributed by atoms with Crippen LogP contribution in [0.5, 0.6) is 0 Å². The lowest BCUT2D eigenvalue weighted by molar-refractivity contribution is 0.617. The highest BCUT2D eigenvalue weighted by Gasteiger charge is 2.23. The van der Waals surface area contributed by atoms with Crippen molar-refractivity contribution in [2.24, 2.45) is 20.9 Å². The molecule has 4 rings (SSSR count). The van der Waals surface area contributed by atoms with Gasteiger partial charge in [-0.1, -0.05) is 51.1 Å². The Balaban J connectivity index is 1.66. The molecule has 0 amide bonds. The number of nitrogens with zero attached hydrogens (tertiary/aromatic N) is 3. The molecule has 0 saturated carbocycles. The quantitative estimate of drug-likeness (QED) is 0.726. The van der Waals surface area contributed by atoms with Gasteiger partial charge in [0.05, 0.1) is 17.9 Å². The normalized spacial score (nSPS) is 18.3. The Morgan fingerprint density at radius 1 is 1.15 bits per heavy atom. The number of amidine groups is 1. The smallest absolute Gasteiger partial charge is 0.155 e. The molecular formula is C23H25N3. The Kier molecular flexibility index (Phi) is 4.31. The van der Waals surface area contributed by atoms with E-state index in [1.54, 1.807) is 0 Å². The number of fused-ring (bicyclic) bond motifs is 1. The van der Waals surface area contributed by atoms with Gasteiger partial charge >= 0.3 is 0 Å². The lowest BCUT2D eigenvalue weighted by Crippen LogP contribution is -2.06. The maximum atomic E-state index is 4.89. The van der Waals surface area contributed by atoms with Crippen molar-refractivity contribution in [1.29, 1.82) is 0 Å². The zero-order valence-electron chi connectivity index (χ0n) is 16.0. The maximum Gasteiger partial charge on any atom is 0.155 e. The molecule has 2 aromatic rings. The molecule has 0 fully saturated rings. The van der Waals surface area contributed by atoms with Gasteiger partial charge in [0, 0.05) is 23.3 Å². The maximum absolute atomic E-state index is 4.89. The van der Waals surface area contributed by atoms with Crippen LogP contribution in [-0.4, -0.2) is 24.3 Å². The molecule has 1 unspecified atom stereocenters. The van der Waals surface area contributed by atoms with Crippen molar-refractivity contribution < 1.29 is 0 Å². The molecule has 2 aromatic carbocycles. The minimum Gasteiger partial charge on any atom is -0.260 e. The number of hydrogen-bond acceptors (Lipinski definition) is 3. The van der Waals surface area contributed by atoms with E-state index >= 15 is 0 Å². The van der Waals surface area contributed by atoms with Crippen molar-refractivity contribution in [2.75, 3.05) is 6.54 Å². The summed E-state index contributed by atoms with van der Waals surface area (Å²) in [4.78, 5) is 14.3. The van der Waals surface area contributed by atoms with Crippen LogP contribution >= 0.6 is 0 Å². The van der Waals surface area contributed by atoms with E-state index in [0.29, 0.717) is 18.4 Å². The molecular weight excluding hydrogens is 318 g/mol. The molecule has 0 bridgehead atoms. The topological polar surface area (TPSA) is 37.1 Å². The predicted octanol–water partition coefficient (Wildman–Crippen LogP) is 5.26. The van der Waals surface area contributed by atoms with Crippen LogP contribution in [0.3, 0.4) is 0 Å². The second-order valence-corrected chi connectivity index (χ2v) is 7.48. The van der Waals surface area contributed by atoms with E-state index in [0.717, 1.165) is 29.2 Å². The molecule has 2 heterocycles. The molecule has 0 N–H and O–H groups in total. The average molecular weight is 343 g/mol. The van der Waals surface area contributed by atoms with Crippen molar-refractivity contribution in [3.63, 3.8) is 0 Å². The minimum absolute atomic E-state index is 0.426. The SMILES string of the molecule is CCc1cccc(C)c1C1=NCC(c2ccc3c(c2)N=CC3C(C)C)=N1. The van der Waals surface area contributed by atoms with E-state index < -0.39 is 0 Å². The van der Waals surface area contributed by atoms with Crippen LogP contribution in [0, 0.1) is 12.8 Å².